The van der Waals surface area contributed by atoms with Crippen molar-refractivity contribution >= 4 is 29.4 Å². The summed E-state index contributed by atoms with van der Waals surface area (Å²) < 4.78 is 30.1. The van der Waals surface area contributed by atoms with E-state index in [0.717, 1.165) is 54.1 Å². The monoisotopic (exact) mass is 597 g/mol. The molecule has 9 nitrogen and oxygen atoms in total. The fourth-order valence-corrected chi connectivity index (χ4v) is 5.59. The molecule has 1 fully saturated rings. The van der Waals surface area contributed by atoms with Crippen LogP contribution in [0, 0.1) is 18.6 Å². The van der Waals surface area contributed by atoms with Crippen LogP contribution in [0.4, 0.5) is 31.0 Å². The number of urea groups is 1. The molecule has 1 saturated heterocycles. The van der Waals surface area contributed by atoms with Crippen molar-refractivity contribution in [2.24, 2.45) is 0 Å². The van der Waals surface area contributed by atoms with Crippen LogP contribution in [0.1, 0.15) is 39.9 Å². The zero-order valence-electron chi connectivity index (χ0n) is 24.5. The number of hydrogen-bond donors (Lipinski definition) is 3. The van der Waals surface area contributed by atoms with Gasteiger partial charge in [-0.1, -0.05) is 42.5 Å². The number of fused-ring (bicyclic) bond motifs is 1. The van der Waals surface area contributed by atoms with E-state index in [4.69, 9.17) is 4.98 Å². The van der Waals surface area contributed by atoms with Gasteiger partial charge in [-0.15, -0.1) is 0 Å². The van der Waals surface area contributed by atoms with E-state index < -0.39 is 23.4 Å². The molecule has 3 amide bonds. The molecule has 226 valence electrons. The number of carbonyl (C=O) groups is 2. The number of benzene rings is 3. The number of nitrogens with zero attached hydrogens (tertiary/aromatic N) is 4. The summed E-state index contributed by atoms with van der Waals surface area (Å²) in [7, 11) is 2.06. The number of likely N-dealkylation sites (tertiary alicyclic amines) is 1. The van der Waals surface area contributed by atoms with E-state index in [2.05, 4.69) is 32.9 Å². The molecular weight excluding hydrogens is 564 g/mol. The Labute approximate surface area is 254 Å². The smallest absolute Gasteiger partial charge is 0.328 e. The lowest BCUT2D eigenvalue weighted by molar-refractivity contribution is 0.0951. The Morgan fingerprint density at radius 1 is 1.00 bits per heavy atom. The number of piperidine rings is 1. The molecule has 1 aromatic heterocycles. The lowest BCUT2D eigenvalue weighted by Gasteiger charge is -2.32. The Hall–Kier alpha value is -4.90. The number of nitrogens with one attached hydrogen (secondary N) is 3. The second kappa shape index (κ2) is 12.4. The van der Waals surface area contributed by atoms with Crippen LogP contribution >= 0.6 is 0 Å². The summed E-state index contributed by atoms with van der Waals surface area (Å²) in [6.45, 7) is 4.09. The van der Waals surface area contributed by atoms with Gasteiger partial charge in [-0.2, -0.15) is 4.98 Å². The summed E-state index contributed by atoms with van der Waals surface area (Å²) in [5.74, 6) is -1.73. The summed E-state index contributed by atoms with van der Waals surface area (Å²) in [5.41, 5.74) is 3.29. The van der Waals surface area contributed by atoms with Gasteiger partial charge in [-0.05, 0) is 75.3 Å². The largest absolute Gasteiger partial charge is 0.351 e. The van der Waals surface area contributed by atoms with Crippen LogP contribution < -0.4 is 20.9 Å². The Bertz CT molecular complexity index is 1690. The van der Waals surface area contributed by atoms with Gasteiger partial charge in [0.2, 0.25) is 5.95 Å². The molecule has 0 spiro atoms. The molecule has 0 bridgehead atoms. The first kappa shape index (κ1) is 29.2. The maximum absolute atomic E-state index is 15.1. The average Bonchev–Trinajstić information content (AvgIpc) is 3.02. The number of para-hydroxylation sites is 1. The SMILES string of the molecule is Cc1ccc(C(=O)NCc2ccccc2)cc1-c1nc(NC2CCN(C)CC2)nc2c1CNC(=O)N2c1c(F)cccc1F. The van der Waals surface area contributed by atoms with Crippen molar-refractivity contribution in [1.82, 2.24) is 25.5 Å². The summed E-state index contributed by atoms with van der Waals surface area (Å²) in [6, 6.07) is 17.8. The number of carbonyl (C=O) groups excluding carboxylic acids is 2. The topological polar surface area (TPSA) is 102 Å². The number of halogens is 2. The highest BCUT2D eigenvalue weighted by atomic mass is 19.1. The third-order valence-corrected chi connectivity index (χ3v) is 8.08. The third kappa shape index (κ3) is 5.96. The van der Waals surface area contributed by atoms with E-state index in [1.54, 1.807) is 12.1 Å². The highest BCUT2D eigenvalue weighted by Crippen LogP contribution is 2.39. The summed E-state index contributed by atoms with van der Waals surface area (Å²) in [6.07, 6.45) is 1.71. The zero-order valence-corrected chi connectivity index (χ0v) is 24.5. The van der Waals surface area contributed by atoms with Crippen molar-refractivity contribution in [3.8, 4) is 11.3 Å². The highest BCUT2D eigenvalue weighted by molar-refractivity contribution is 6.02. The third-order valence-electron chi connectivity index (χ3n) is 8.08. The molecule has 44 heavy (non-hydrogen) atoms. The molecule has 11 heteroatoms. The van der Waals surface area contributed by atoms with Crippen molar-refractivity contribution in [2.45, 2.75) is 38.9 Å². The fourth-order valence-electron chi connectivity index (χ4n) is 5.59. The van der Waals surface area contributed by atoms with Crippen LogP contribution in [-0.4, -0.2) is 53.0 Å². The predicted molar refractivity (Wildman–Crippen MR) is 165 cm³/mol. The van der Waals surface area contributed by atoms with E-state index in [1.807, 2.05) is 43.3 Å². The van der Waals surface area contributed by atoms with E-state index >= 15 is 8.78 Å². The van der Waals surface area contributed by atoms with Gasteiger partial charge in [-0.25, -0.2) is 23.5 Å². The molecule has 0 radical (unpaired) electrons. The Morgan fingerprint density at radius 3 is 2.45 bits per heavy atom. The average molecular weight is 598 g/mol. The fraction of sp³-hybridized carbons (Fsp3) is 0.273. The molecule has 0 aliphatic carbocycles. The maximum Gasteiger partial charge on any atom is 0.328 e. The number of aromatic nitrogens is 2. The number of hydrogen-bond acceptors (Lipinski definition) is 6. The van der Waals surface area contributed by atoms with Crippen LogP contribution in [0.25, 0.3) is 11.3 Å². The Balaban J connectivity index is 1.44. The molecule has 0 saturated carbocycles. The minimum Gasteiger partial charge on any atom is -0.351 e. The summed E-state index contributed by atoms with van der Waals surface area (Å²) >= 11 is 0. The van der Waals surface area contributed by atoms with Crippen molar-refractivity contribution in [3.05, 3.63) is 101 Å². The summed E-state index contributed by atoms with van der Waals surface area (Å²) in [5, 5.41) is 9.07. The predicted octanol–water partition coefficient (Wildman–Crippen LogP) is 5.53. The first-order valence-electron chi connectivity index (χ1n) is 14.6. The molecule has 2 aliphatic rings. The van der Waals surface area contributed by atoms with Crippen LogP contribution in [0.3, 0.4) is 0 Å². The van der Waals surface area contributed by atoms with E-state index in [1.165, 1.54) is 6.07 Å². The molecule has 0 unspecified atom stereocenters. The maximum atomic E-state index is 15.1. The molecule has 4 aromatic rings. The first-order valence-corrected chi connectivity index (χ1v) is 14.6. The van der Waals surface area contributed by atoms with Gasteiger partial charge in [0.25, 0.3) is 5.91 Å². The number of aryl methyl sites for hydroxylation is 1. The van der Waals surface area contributed by atoms with Crippen LogP contribution in [0.15, 0.2) is 66.7 Å². The summed E-state index contributed by atoms with van der Waals surface area (Å²) in [4.78, 5) is 39.1. The van der Waals surface area contributed by atoms with Gasteiger partial charge in [0.1, 0.15) is 17.3 Å². The van der Waals surface area contributed by atoms with Crippen LogP contribution in [-0.2, 0) is 13.1 Å². The van der Waals surface area contributed by atoms with Gasteiger partial charge in [0.05, 0.1) is 12.2 Å². The van der Waals surface area contributed by atoms with E-state index in [0.29, 0.717) is 28.9 Å². The molecule has 3 aromatic carbocycles. The zero-order chi connectivity index (χ0) is 30.8. The second-order valence-corrected chi connectivity index (χ2v) is 11.2. The lowest BCUT2D eigenvalue weighted by atomic mass is 9.97. The van der Waals surface area contributed by atoms with Crippen molar-refractivity contribution in [2.75, 3.05) is 30.4 Å². The molecular formula is C33H33F2N7O2. The minimum atomic E-state index is -0.897. The van der Waals surface area contributed by atoms with Crippen LogP contribution in [0.2, 0.25) is 0 Å². The lowest BCUT2D eigenvalue weighted by Crippen LogP contribution is -2.43. The molecule has 2 aliphatic heterocycles. The van der Waals surface area contributed by atoms with Gasteiger partial charge in [0, 0.05) is 29.3 Å². The quantitative estimate of drug-likeness (QED) is 0.259. The molecule has 3 N–H and O–H groups in total. The second-order valence-electron chi connectivity index (χ2n) is 11.2. The van der Waals surface area contributed by atoms with Crippen molar-refractivity contribution in [1.29, 1.82) is 0 Å². The molecule has 0 atom stereocenters. The van der Waals surface area contributed by atoms with E-state index in [-0.39, 0.29) is 30.3 Å². The van der Waals surface area contributed by atoms with Crippen molar-refractivity contribution in [3.63, 3.8) is 0 Å². The van der Waals surface area contributed by atoms with E-state index in [9.17, 15) is 9.59 Å². The molecule has 6 rings (SSSR count). The first-order chi connectivity index (χ1) is 21.3. The normalized spacial score (nSPS) is 15.5. The highest BCUT2D eigenvalue weighted by Gasteiger charge is 2.34. The number of amides is 3. The number of anilines is 3. The standard InChI is InChI=1S/C33H33F2N7O2/c1-20-11-12-22(31(43)36-18-21-7-4-3-5-8-21)17-24(20)28-25-19-37-33(44)42(29-26(34)9-6-10-27(29)35)30(25)40-32(39-28)38-23-13-15-41(2)16-14-23/h3-12,17,23H,13-16,18-19H2,1-2H3,(H,36,43)(H,37,44)(H,38,39,40). The van der Waals surface area contributed by atoms with Gasteiger partial charge in [0.15, 0.2) is 5.82 Å². The minimum absolute atomic E-state index is 0.0362. The Kier molecular flexibility index (Phi) is 8.21. The number of rotatable bonds is 7. The van der Waals surface area contributed by atoms with Gasteiger partial charge in [-0.3, -0.25) is 4.79 Å². The van der Waals surface area contributed by atoms with Gasteiger partial charge >= 0.3 is 6.03 Å². The van der Waals surface area contributed by atoms with Crippen molar-refractivity contribution < 1.29 is 18.4 Å². The van der Waals surface area contributed by atoms with Crippen LogP contribution in [0.5, 0.6) is 0 Å². The Morgan fingerprint density at radius 2 is 1.73 bits per heavy atom. The molecule has 3 heterocycles. The van der Waals surface area contributed by atoms with Gasteiger partial charge < -0.3 is 20.9 Å².